The number of nitrogens with one attached hydrogen (secondary N) is 1. The van der Waals surface area contributed by atoms with Gasteiger partial charge in [-0.1, -0.05) is 0 Å². The number of hydrogen-bond acceptors (Lipinski definition) is 4. The molecule has 104 valence electrons. The maximum absolute atomic E-state index is 12.6. The number of pyridine rings is 1. The predicted molar refractivity (Wildman–Crippen MR) is 77.4 cm³/mol. The number of anilines is 1. The van der Waals surface area contributed by atoms with E-state index in [4.69, 9.17) is 4.74 Å². The van der Waals surface area contributed by atoms with Crippen molar-refractivity contribution in [1.82, 2.24) is 9.88 Å². The Balaban J connectivity index is 2.24. The molecule has 1 N–H and O–H groups in total. The van der Waals surface area contributed by atoms with Crippen molar-refractivity contribution in [2.75, 3.05) is 32.1 Å². The van der Waals surface area contributed by atoms with Crippen molar-refractivity contribution in [3.05, 3.63) is 22.3 Å². The number of amides is 1. The SMILES string of the molecule is CNc1ncc(Br)cc1C(=O)N1CCCOC(C)C1. The molecular formula is C13H18BrN3O2. The molecule has 1 aromatic rings. The summed E-state index contributed by atoms with van der Waals surface area (Å²) in [5, 5.41) is 2.96. The minimum Gasteiger partial charge on any atom is -0.377 e. The summed E-state index contributed by atoms with van der Waals surface area (Å²) in [6.45, 7) is 4.04. The van der Waals surface area contributed by atoms with Gasteiger partial charge in [0.05, 0.1) is 11.7 Å². The third kappa shape index (κ3) is 3.45. The van der Waals surface area contributed by atoms with Crippen molar-refractivity contribution in [1.29, 1.82) is 0 Å². The van der Waals surface area contributed by atoms with Gasteiger partial charge in [-0.05, 0) is 35.3 Å². The molecule has 0 aliphatic carbocycles. The molecule has 1 amide bonds. The first-order valence-corrected chi connectivity index (χ1v) is 7.15. The number of hydrogen-bond donors (Lipinski definition) is 1. The molecule has 2 heterocycles. The van der Waals surface area contributed by atoms with Gasteiger partial charge in [-0.15, -0.1) is 0 Å². The summed E-state index contributed by atoms with van der Waals surface area (Å²) in [6, 6.07) is 1.80. The zero-order chi connectivity index (χ0) is 13.8. The van der Waals surface area contributed by atoms with E-state index in [9.17, 15) is 4.79 Å². The van der Waals surface area contributed by atoms with Gasteiger partial charge < -0.3 is 15.0 Å². The quantitative estimate of drug-likeness (QED) is 0.904. The molecule has 5 nitrogen and oxygen atoms in total. The molecule has 0 radical (unpaired) electrons. The Bertz CT molecular complexity index is 467. The summed E-state index contributed by atoms with van der Waals surface area (Å²) in [5.74, 6) is 0.599. The molecule has 1 saturated heterocycles. The highest BCUT2D eigenvalue weighted by molar-refractivity contribution is 9.10. The number of rotatable bonds is 2. The minimum atomic E-state index is -0.00417. The molecule has 0 spiro atoms. The van der Waals surface area contributed by atoms with Crippen LogP contribution >= 0.6 is 15.9 Å². The van der Waals surface area contributed by atoms with Crippen molar-refractivity contribution in [2.45, 2.75) is 19.4 Å². The maximum atomic E-state index is 12.6. The Kier molecular flexibility index (Phi) is 4.76. The van der Waals surface area contributed by atoms with E-state index in [1.165, 1.54) is 0 Å². The zero-order valence-electron chi connectivity index (χ0n) is 11.1. The Morgan fingerprint density at radius 3 is 3.16 bits per heavy atom. The van der Waals surface area contributed by atoms with Gasteiger partial charge in [0.25, 0.3) is 5.91 Å². The molecule has 0 saturated carbocycles. The van der Waals surface area contributed by atoms with Gasteiger partial charge >= 0.3 is 0 Å². The second-order valence-corrected chi connectivity index (χ2v) is 5.50. The first-order valence-electron chi connectivity index (χ1n) is 6.36. The molecule has 1 atom stereocenters. The molecule has 6 heteroatoms. The second-order valence-electron chi connectivity index (χ2n) is 4.59. The summed E-state index contributed by atoms with van der Waals surface area (Å²) in [5.41, 5.74) is 0.589. The second kappa shape index (κ2) is 6.34. The number of aromatic nitrogens is 1. The molecule has 0 bridgehead atoms. The molecule has 1 aromatic heterocycles. The number of halogens is 1. The third-order valence-corrected chi connectivity index (χ3v) is 3.49. The standard InChI is InChI=1S/C13H18BrN3O2/c1-9-8-17(4-3-5-19-9)13(18)11-6-10(14)7-16-12(11)15-2/h6-7,9H,3-5,8H2,1-2H3,(H,15,16). The fraction of sp³-hybridized carbons (Fsp3) is 0.538. The topological polar surface area (TPSA) is 54.5 Å². The molecule has 0 aromatic carbocycles. The summed E-state index contributed by atoms with van der Waals surface area (Å²) >= 11 is 3.36. The fourth-order valence-corrected chi connectivity index (χ4v) is 2.48. The third-order valence-electron chi connectivity index (χ3n) is 3.06. The summed E-state index contributed by atoms with van der Waals surface area (Å²) in [6.07, 6.45) is 2.62. The molecule has 2 rings (SSSR count). The minimum absolute atomic E-state index is 0.00417. The Morgan fingerprint density at radius 2 is 2.42 bits per heavy atom. The number of nitrogens with zero attached hydrogens (tertiary/aromatic N) is 2. The zero-order valence-corrected chi connectivity index (χ0v) is 12.7. The van der Waals surface area contributed by atoms with Gasteiger partial charge in [-0.3, -0.25) is 4.79 Å². The number of ether oxygens (including phenoxy) is 1. The lowest BCUT2D eigenvalue weighted by molar-refractivity contribution is 0.0563. The van der Waals surface area contributed by atoms with Crippen LogP contribution < -0.4 is 5.32 Å². The lowest BCUT2D eigenvalue weighted by atomic mass is 10.2. The largest absolute Gasteiger partial charge is 0.377 e. The normalized spacial score (nSPS) is 19.9. The average Bonchev–Trinajstić information content (AvgIpc) is 2.62. The van der Waals surface area contributed by atoms with Gasteiger partial charge in [0.1, 0.15) is 5.82 Å². The average molecular weight is 328 g/mol. The van der Waals surface area contributed by atoms with Crippen LogP contribution in [0.3, 0.4) is 0 Å². The van der Waals surface area contributed by atoms with Crippen molar-refractivity contribution >= 4 is 27.7 Å². The highest BCUT2D eigenvalue weighted by atomic mass is 79.9. The van der Waals surface area contributed by atoms with Gasteiger partial charge in [0, 0.05) is 37.4 Å². The van der Waals surface area contributed by atoms with Crippen LogP contribution in [0.1, 0.15) is 23.7 Å². The van der Waals surface area contributed by atoms with Crippen LogP contribution in [-0.2, 0) is 4.74 Å². The van der Waals surface area contributed by atoms with Crippen LogP contribution in [0.2, 0.25) is 0 Å². The van der Waals surface area contributed by atoms with E-state index in [2.05, 4.69) is 26.2 Å². The number of carbonyl (C=O) groups excluding carboxylic acids is 1. The monoisotopic (exact) mass is 327 g/mol. The van der Waals surface area contributed by atoms with Crippen LogP contribution in [0.5, 0.6) is 0 Å². The van der Waals surface area contributed by atoms with Crippen LogP contribution in [0, 0.1) is 0 Å². The highest BCUT2D eigenvalue weighted by Crippen LogP contribution is 2.20. The lowest BCUT2D eigenvalue weighted by Crippen LogP contribution is -2.36. The van der Waals surface area contributed by atoms with E-state index >= 15 is 0 Å². The van der Waals surface area contributed by atoms with E-state index in [0.29, 0.717) is 24.5 Å². The van der Waals surface area contributed by atoms with Crippen molar-refractivity contribution < 1.29 is 9.53 Å². The maximum Gasteiger partial charge on any atom is 0.257 e. The first-order chi connectivity index (χ1) is 9.11. The summed E-state index contributed by atoms with van der Waals surface area (Å²) < 4.78 is 6.36. The van der Waals surface area contributed by atoms with Gasteiger partial charge in [0.15, 0.2) is 0 Å². The summed E-state index contributed by atoms with van der Waals surface area (Å²) in [4.78, 5) is 18.7. The van der Waals surface area contributed by atoms with Crippen LogP contribution in [0.4, 0.5) is 5.82 Å². The molecule has 1 fully saturated rings. The van der Waals surface area contributed by atoms with Crippen molar-refractivity contribution in [2.24, 2.45) is 0 Å². The van der Waals surface area contributed by atoms with E-state index in [1.807, 2.05) is 11.8 Å². The molecule has 1 aliphatic rings. The van der Waals surface area contributed by atoms with Gasteiger partial charge in [0.2, 0.25) is 0 Å². The Morgan fingerprint density at radius 1 is 1.63 bits per heavy atom. The number of carbonyl (C=O) groups is 1. The van der Waals surface area contributed by atoms with Crippen LogP contribution in [0.25, 0.3) is 0 Å². The lowest BCUT2D eigenvalue weighted by Gasteiger charge is -2.23. The van der Waals surface area contributed by atoms with E-state index in [-0.39, 0.29) is 12.0 Å². The van der Waals surface area contributed by atoms with Crippen molar-refractivity contribution in [3.63, 3.8) is 0 Å². The Labute approximate surface area is 121 Å². The van der Waals surface area contributed by atoms with Gasteiger partial charge in [-0.2, -0.15) is 0 Å². The molecular weight excluding hydrogens is 310 g/mol. The van der Waals surface area contributed by atoms with E-state index < -0.39 is 0 Å². The van der Waals surface area contributed by atoms with E-state index in [0.717, 1.165) is 17.4 Å². The Hall–Kier alpha value is -1.14. The first kappa shape index (κ1) is 14.3. The van der Waals surface area contributed by atoms with E-state index in [1.54, 1.807) is 19.3 Å². The molecule has 19 heavy (non-hydrogen) atoms. The molecule has 1 aliphatic heterocycles. The van der Waals surface area contributed by atoms with Crippen LogP contribution in [-0.4, -0.2) is 48.6 Å². The highest BCUT2D eigenvalue weighted by Gasteiger charge is 2.23. The predicted octanol–water partition coefficient (Wildman–Crippen LogP) is 2.14. The fourth-order valence-electron chi connectivity index (χ4n) is 2.15. The van der Waals surface area contributed by atoms with Crippen LogP contribution in [0.15, 0.2) is 16.7 Å². The smallest absolute Gasteiger partial charge is 0.257 e. The van der Waals surface area contributed by atoms with Crippen molar-refractivity contribution in [3.8, 4) is 0 Å². The summed E-state index contributed by atoms with van der Waals surface area (Å²) in [7, 11) is 1.77. The van der Waals surface area contributed by atoms with Gasteiger partial charge in [-0.25, -0.2) is 4.98 Å². The molecule has 1 unspecified atom stereocenters.